The van der Waals surface area contributed by atoms with E-state index in [0.29, 0.717) is 0 Å². The van der Waals surface area contributed by atoms with Gasteiger partial charge in [-0.3, -0.25) is 14.9 Å². The number of hydrogen-bond donors (Lipinski definition) is 1. The average molecular weight is 366 g/mol. The fourth-order valence-corrected chi connectivity index (χ4v) is 3.27. The van der Waals surface area contributed by atoms with Crippen LogP contribution in [-0.2, 0) is 14.6 Å². The van der Waals surface area contributed by atoms with Crippen LogP contribution in [0.4, 0.5) is 15.8 Å². The first-order valence-electron chi connectivity index (χ1n) is 7.22. The van der Waals surface area contributed by atoms with Crippen molar-refractivity contribution in [2.75, 3.05) is 11.1 Å². The van der Waals surface area contributed by atoms with E-state index in [4.69, 9.17) is 0 Å². The van der Waals surface area contributed by atoms with E-state index in [0.717, 1.165) is 23.8 Å². The van der Waals surface area contributed by atoms with Gasteiger partial charge in [0.1, 0.15) is 5.82 Å². The number of nitro benzene ring substituents is 1. The van der Waals surface area contributed by atoms with Gasteiger partial charge >= 0.3 is 0 Å². The highest BCUT2D eigenvalue weighted by Gasteiger charge is 2.18. The summed E-state index contributed by atoms with van der Waals surface area (Å²) in [6.07, 6.45) is -0.404. The number of benzene rings is 2. The van der Waals surface area contributed by atoms with Crippen molar-refractivity contribution in [2.45, 2.75) is 18.2 Å². The molecule has 132 valence electrons. The second-order valence-corrected chi connectivity index (χ2v) is 7.46. The first-order valence-corrected chi connectivity index (χ1v) is 8.87. The third-order valence-corrected chi connectivity index (χ3v) is 5.14. The average Bonchev–Trinajstić information content (AvgIpc) is 2.55. The molecule has 0 aromatic heterocycles. The molecule has 2 aromatic rings. The quantitative estimate of drug-likeness (QED) is 0.625. The van der Waals surface area contributed by atoms with Gasteiger partial charge in [-0.15, -0.1) is 0 Å². The fourth-order valence-electron chi connectivity index (χ4n) is 2.03. The van der Waals surface area contributed by atoms with Crippen molar-refractivity contribution in [3.8, 4) is 0 Å². The van der Waals surface area contributed by atoms with Gasteiger partial charge in [0.2, 0.25) is 5.91 Å². The number of anilines is 1. The molecule has 25 heavy (non-hydrogen) atoms. The van der Waals surface area contributed by atoms with Gasteiger partial charge in [-0.1, -0.05) is 17.7 Å². The van der Waals surface area contributed by atoms with Crippen molar-refractivity contribution in [2.24, 2.45) is 0 Å². The lowest BCUT2D eigenvalue weighted by molar-refractivity contribution is -0.384. The largest absolute Gasteiger partial charge is 0.323 e. The Kier molecular flexibility index (Phi) is 5.48. The van der Waals surface area contributed by atoms with E-state index in [2.05, 4.69) is 5.32 Å². The summed E-state index contributed by atoms with van der Waals surface area (Å²) in [6, 6.07) is 8.88. The van der Waals surface area contributed by atoms with E-state index in [1.807, 2.05) is 6.92 Å². The van der Waals surface area contributed by atoms with Crippen molar-refractivity contribution in [3.05, 3.63) is 64.0 Å². The van der Waals surface area contributed by atoms with Gasteiger partial charge in [0, 0.05) is 18.6 Å². The molecular weight excluding hydrogens is 351 g/mol. The predicted octanol–water partition coefficient (Wildman–Crippen LogP) is 2.84. The second kappa shape index (κ2) is 7.39. The Hall–Kier alpha value is -2.81. The van der Waals surface area contributed by atoms with Gasteiger partial charge in [-0.05, 0) is 25.1 Å². The lowest BCUT2D eigenvalue weighted by Gasteiger charge is -2.07. The Labute approximate surface area is 143 Å². The highest BCUT2D eigenvalue weighted by Crippen LogP contribution is 2.21. The molecule has 2 aromatic carbocycles. The SMILES string of the molecule is Cc1ccc(S(=O)(=O)CCC(=O)Nc2cc([N+](=O)[O-])ccc2F)cc1. The van der Waals surface area contributed by atoms with Crippen LogP contribution in [0.25, 0.3) is 0 Å². The van der Waals surface area contributed by atoms with E-state index in [1.54, 1.807) is 12.1 Å². The van der Waals surface area contributed by atoms with Gasteiger partial charge in [-0.2, -0.15) is 0 Å². The summed E-state index contributed by atoms with van der Waals surface area (Å²) in [5.41, 5.74) is 0.147. The van der Waals surface area contributed by atoms with Crippen molar-refractivity contribution in [3.63, 3.8) is 0 Å². The van der Waals surface area contributed by atoms with E-state index >= 15 is 0 Å². The number of hydrogen-bond acceptors (Lipinski definition) is 5. The Bertz CT molecular complexity index is 911. The molecule has 0 aliphatic rings. The first kappa shape index (κ1) is 18.5. The van der Waals surface area contributed by atoms with Crippen LogP contribution in [0.2, 0.25) is 0 Å². The summed E-state index contributed by atoms with van der Waals surface area (Å²) in [6.45, 7) is 1.82. The molecule has 0 bridgehead atoms. The number of rotatable bonds is 6. The summed E-state index contributed by atoms with van der Waals surface area (Å²) < 4.78 is 37.9. The Morgan fingerprint density at radius 1 is 1.20 bits per heavy atom. The molecule has 1 N–H and O–H groups in total. The zero-order valence-corrected chi connectivity index (χ0v) is 14.0. The van der Waals surface area contributed by atoms with Gasteiger partial charge in [-0.25, -0.2) is 12.8 Å². The number of non-ortho nitro benzene ring substituents is 1. The van der Waals surface area contributed by atoms with Gasteiger partial charge in [0.05, 0.1) is 21.3 Å². The molecule has 0 aliphatic heterocycles. The number of carbonyl (C=O) groups is 1. The van der Waals surface area contributed by atoms with Crippen LogP contribution in [0, 0.1) is 22.9 Å². The number of nitrogens with one attached hydrogen (secondary N) is 1. The number of nitrogens with zero attached hydrogens (tertiary/aromatic N) is 1. The maximum absolute atomic E-state index is 13.6. The Balaban J connectivity index is 2.04. The maximum atomic E-state index is 13.6. The van der Waals surface area contributed by atoms with Crippen LogP contribution < -0.4 is 5.32 Å². The smallest absolute Gasteiger partial charge is 0.271 e. The van der Waals surface area contributed by atoms with Crippen LogP contribution in [-0.4, -0.2) is 25.0 Å². The molecule has 0 aliphatic carbocycles. The monoisotopic (exact) mass is 366 g/mol. The molecule has 0 atom stereocenters. The summed E-state index contributed by atoms with van der Waals surface area (Å²) in [4.78, 5) is 21.9. The fraction of sp³-hybridized carbons (Fsp3) is 0.188. The summed E-state index contributed by atoms with van der Waals surface area (Å²) in [7, 11) is -3.66. The van der Waals surface area contributed by atoms with Crippen molar-refractivity contribution in [1.29, 1.82) is 0 Å². The molecule has 1 amide bonds. The zero-order valence-electron chi connectivity index (χ0n) is 13.2. The minimum Gasteiger partial charge on any atom is -0.323 e. The summed E-state index contributed by atoms with van der Waals surface area (Å²) in [5.74, 6) is -2.06. The summed E-state index contributed by atoms with van der Waals surface area (Å²) in [5, 5.41) is 12.8. The van der Waals surface area contributed by atoms with Crippen LogP contribution in [0.3, 0.4) is 0 Å². The molecule has 0 unspecified atom stereocenters. The standard InChI is InChI=1S/C16H15FN2O5S/c1-11-2-5-13(6-3-11)25(23,24)9-8-16(20)18-15-10-12(19(21)22)4-7-14(15)17/h2-7,10H,8-9H2,1H3,(H,18,20). The topological polar surface area (TPSA) is 106 Å². The predicted molar refractivity (Wildman–Crippen MR) is 89.5 cm³/mol. The molecule has 0 saturated heterocycles. The molecule has 0 radical (unpaired) electrons. The van der Waals surface area contributed by atoms with Gasteiger partial charge in [0.25, 0.3) is 5.69 Å². The van der Waals surface area contributed by atoms with Crippen LogP contribution >= 0.6 is 0 Å². The van der Waals surface area contributed by atoms with Gasteiger partial charge in [0.15, 0.2) is 9.84 Å². The van der Waals surface area contributed by atoms with Crippen LogP contribution in [0.1, 0.15) is 12.0 Å². The van der Waals surface area contributed by atoms with Crippen LogP contribution in [0.5, 0.6) is 0 Å². The number of sulfone groups is 1. The molecule has 9 heteroatoms. The number of nitro groups is 1. The molecule has 0 spiro atoms. The minimum atomic E-state index is -3.66. The summed E-state index contributed by atoms with van der Waals surface area (Å²) >= 11 is 0. The normalized spacial score (nSPS) is 11.1. The molecule has 7 nitrogen and oxygen atoms in total. The molecular formula is C16H15FN2O5S. The third-order valence-electron chi connectivity index (χ3n) is 3.41. The molecule has 0 fully saturated rings. The van der Waals surface area contributed by atoms with Crippen molar-refractivity contribution < 1.29 is 22.5 Å². The van der Waals surface area contributed by atoms with E-state index < -0.39 is 38.7 Å². The minimum absolute atomic E-state index is 0.0902. The number of carbonyl (C=O) groups excluding carboxylic acids is 1. The maximum Gasteiger partial charge on any atom is 0.271 e. The Morgan fingerprint density at radius 3 is 2.44 bits per heavy atom. The highest BCUT2D eigenvalue weighted by atomic mass is 32.2. The third kappa shape index (κ3) is 4.83. The zero-order chi connectivity index (χ0) is 18.6. The number of halogens is 1. The molecule has 2 rings (SSSR count). The number of aryl methyl sites for hydroxylation is 1. The van der Waals surface area contributed by atoms with E-state index in [1.165, 1.54) is 12.1 Å². The van der Waals surface area contributed by atoms with Crippen molar-refractivity contribution in [1.82, 2.24) is 0 Å². The molecule has 0 heterocycles. The Morgan fingerprint density at radius 2 is 1.84 bits per heavy atom. The highest BCUT2D eigenvalue weighted by molar-refractivity contribution is 7.91. The first-order chi connectivity index (χ1) is 11.7. The number of amides is 1. The van der Waals surface area contributed by atoms with Gasteiger partial charge < -0.3 is 5.32 Å². The van der Waals surface area contributed by atoms with E-state index in [-0.39, 0.29) is 16.3 Å². The van der Waals surface area contributed by atoms with Crippen LogP contribution in [0.15, 0.2) is 47.4 Å². The lowest BCUT2D eigenvalue weighted by atomic mass is 10.2. The second-order valence-electron chi connectivity index (χ2n) is 5.35. The van der Waals surface area contributed by atoms with Crippen molar-refractivity contribution >= 4 is 27.1 Å². The van der Waals surface area contributed by atoms with E-state index in [9.17, 15) is 27.7 Å². The lowest BCUT2D eigenvalue weighted by Crippen LogP contribution is -2.18. The molecule has 0 saturated carbocycles.